The van der Waals surface area contributed by atoms with Gasteiger partial charge in [0.15, 0.2) is 11.5 Å². The number of aryl methyl sites for hydroxylation is 1. The second-order valence-corrected chi connectivity index (χ2v) is 5.94. The van der Waals surface area contributed by atoms with Gasteiger partial charge in [-0.05, 0) is 31.0 Å². The molecule has 3 heterocycles. The number of rotatable bonds is 3. The van der Waals surface area contributed by atoms with E-state index in [2.05, 4.69) is 11.3 Å². The third-order valence-electron chi connectivity index (χ3n) is 4.14. The average molecular weight is 315 g/mol. The third-order valence-corrected chi connectivity index (χ3v) is 4.14. The Labute approximate surface area is 135 Å². The molecule has 0 atom stereocenters. The lowest BCUT2D eigenvalue weighted by Crippen LogP contribution is -2.29. The van der Waals surface area contributed by atoms with Crippen molar-refractivity contribution in [3.05, 3.63) is 30.0 Å². The SMILES string of the molecule is Cn1cc(CN2CCCCO2)c(-c2ccc3c(c2)OCCO3)n1. The highest BCUT2D eigenvalue weighted by molar-refractivity contribution is 5.66. The van der Waals surface area contributed by atoms with E-state index in [0.717, 1.165) is 54.4 Å². The highest BCUT2D eigenvalue weighted by Crippen LogP contribution is 2.35. The molecule has 1 saturated heterocycles. The molecule has 0 unspecified atom stereocenters. The molecule has 6 nitrogen and oxygen atoms in total. The van der Waals surface area contributed by atoms with Gasteiger partial charge in [-0.25, -0.2) is 0 Å². The van der Waals surface area contributed by atoms with E-state index in [1.165, 1.54) is 6.42 Å². The van der Waals surface area contributed by atoms with Crippen LogP contribution in [0.25, 0.3) is 11.3 Å². The Morgan fingerprint density at radius 1 is 1.09 bits per heavy atom. The van der Waals surface area contributed by atoms with Crippen LogP contribution in [0.2, 0.25) is 0 Å². The van der Waals surface area contributed by atoms with Crippen molar-refractivity contribution >= 4 is 0 Å². The quantitative estimate of drug-likeness (QED) is 0.870. The third kappa shape index (κ3) is 3.04. The zero-order valence-electron chi connectivity index (χ0n) is 13.3. The molecule has 4 rings (SSSR count). The van der Waals surface area contributed by atoms with Crippen molar-refractivity contribution < 1.29 is 14.3 Å². The Bertz CT molecular complexity index is 692. The molecule has 2 aliphatic heterocycles. The molecule has 1 aromatic carbocycles. The molecule has 0 aliphatic carbocycles. The second kappa shape index (κ2) is 6.22. The summed E-state index contributed by atoms with van der Waals surface area (Å²) in [6, 6.07) is 6.01. The molecular weight excluding hydrogens is 294 g/mol. The number of hydroxylamine groups is 2. The summed E-state index contributed by atoms with van der Waals surface area (Å²) >= 11 is 0. The van der Waals surface area contributed by atoms with Crippen molar-refractivity contribution in [1.29, 1.82) is 0 Å². The van der Waals surface area contributed by atoms with E-state index in [1.54, 1.807) is 0 Å². The van der Waals surface area contributed by atoms with Gasteiger partial charge in [0.05, 0.1) is 18.8 Å². The van der Waals surface area contributed by atoms with Gasteiger partial charge in [0, 0.05) is 30.9 Å². The molecule has 0 spiro atoms. The van der Waals surface area contributed by atoms with E-state index in [-0.39, 0.29) is 0 Å². The second-order valence-electron chi connectivity index (χ2n) is 5.94. The Morgan fingerprint density at radius 3 is 2.78 bits per heavy atom. The van der Waals surface area contributed by atoms with E-state index >= 15 is 0 Å². The largest absolute Gasteiger partial charge is 0.486 e. The summed E-state index contributed by atoms with van der Waals surface area (Å²) in [7, 11) is 1.95. The summed E-state index contributed by atoms with van der Waals surface area (Å²) in [5.74, 6) is 1.59. The summed E-state index contributed by atoms with van der Waals surface area (Å²) in [6.07, 6.45) is 4.38. The van der Waals surface area contributed by atoms with Crippen molar-refractivity contribution in [2.75, 3.05) is 26.4 Å². The molecule has 0 amide bonds. The Hall–Kier alpha value is -2.05. The molecule has 6 heteroatoms. The predicted molar refractivity (Wildman–Crippen MR) is 85.2 cm³/mol. The highest BCUT2D eigenvalue weighted by Gasteiger charge is 2.19. The van der Waals surface area contributed by atoms with E-state index in [1.807, 2.05) is 35.0 Å². The lowest BCUT2D eigenvalue weighted by molar-refractivity contribution is -0.187. The van der Waals surface area contributed by atoms with Crippen LogP contribution in [-0.2, 0) is 18.4 Å². The summed E-state index contributed by atoms with van der Waals surface area (Å²) in [6.45, 7) is 3.72. The Balaban J connectivity index is 1.63. The Morgan fingerprint density at radius 2 is 1.96 bits per heavy atom. The molecule has 0 radical (unpaired) electrons. The van der Waals surface area contributed by atoms with E-state index in [9.17, 15) is 0 Å². The maximum absolute atomic E-state index is 5.72. The van der Waals surface area contributed by atoms with Crippen molar-refractivity contribution in [2.45, 2.75) is 19.4 Å². The van der Waals surface area contributed by atoms with Crippen LogP contribution < -0.4 is 9.47 Å². The molecule has 0 N–H and O–H groups in total. The first-order valence-electron chi connectivity index (χ1n) is 8.10. The maximum atomic E-state index is 5.72. The van der Waals surface area contributed by atoms with Crippen molar-refractivity contribution in [2.24, 2.45) is 7.05 Å². The first-order valence-corrected chi connectivity index (χ1v) is 8.10. The fourth-order valence-corrected chi connectivity index (χ4v) is 3.05. The predicted octanol–water partition coefficient (Wildman–Crippen LogP) is 2.39. The van der Waals surface area contributed by atoms with E-state index < -0.39 is 0 Å². The minimum atomic E-state index is 0.590. The monoisotopic (exact) mass is 315 g/mol. The fraction of sp³-hybridized carbons (Fsp3) is 0.471. The first-order chi connectivity index (χ1) is 11.3. The first kappa shape index (κ1) is 14.5. The zero-order chi connectivity index (χ0) is 15.6. The molecule has 23 heavy (non-hydrogen) atoms. The molecular formula is C17H21N3O3. The molecule has 122 valence electrons. The smallest absolute Gasteiger partial charge is 0.162 e. The van der Waals surface area contributed by atoms with Crippen molar-refractivity contribution in [3.63, 3.8) is 0 Å². The van der Waals surface area contributed by atoms with Gasteiger partial charge in [0.2, 0.25) is 0 Å². The normalized spacial score (nSPS) is 18.1. The lowest BCUT2D eigenvalue weighted by atomic mass is 10.1. The van der Waals surface area contributed by atoms with Crippen molar-refractivity contribution in [1.82, 2.24) is 14.8 Å². The van der Waals surface area contributed by atoms with Gasteiger partial charge < -0.3 is 9.47 Å². The number of hydrogen-bond acceptors (Lipinski definition) is 5. The maximum Gasteiger partial charge on any atom is 0.162 e. The minimum Gasteiger partial charge on any atom is -0.486 e. The summed E-state index contributed by atoms with van der Waals surface area (Å²) in [4.78, 5) is 5.72. The number of fused-ring (bicyclic) bond motifs is 1. The fourth-order valence-electron chi connectivity index (χ4n) is 3.05. The van der Waals surface area contributed by atoms with Crippen LogP contribution >= 0.6 is 0 Å². The van der Waals surface area contributed by atoms with Crippen LogP contribution in [0.3, 0.4) is 0 Å². The number of ether oxygens (including phenoxy) is 2. The van der Waals surface area contributed by atoms with Crippen LogP contribution in [0.15, 0.2) is 24.4 Å². The molecule has 2 aromatic rings. The molecule has 1 aromatic heterocycles. The zero-order valence-corrected chi connectivity index (χ0v) is 13.3. The number of benzene rings is 1. The summed E-state index contributed by atoms with van der Waals surface area (Å²) in [5.41, 5.74) is 3.17. The summed E-state index contributed by atoms with van der Waals surface area (Å²) < 4.78 is 13.1. The highest BCUT2D eigenvalue weighted by atomic mass is 16.7. The number of nitrogens with zero attached hydrogens (tertiary/aromatic N) is 3. The van der Waals surface area contributed by atoms with Gasteiger partial charge >= 0.3 is 0 Å². The van der Waals surface area contributed by atoms with Crippen LogP contribution in [0.4, 0.5) is 0 Å². The molecule has 1 fully saturated rings. The number of hydrogen-bond donors (Lipinski definition) is 0. The van der Waals surface area contributed by atoms with Crippen LogP contribution in [0.1, 0.15) is 18.4 Å². The van der Waals surface area contributed by atoms with Crippen LogP contribution in [0, 0.1) is 0 Å². The van der Waals surface area contributed by atoms with Gasteiger partial charge in [-0.3, -0.25) is 9.52 Å². The van der Waals surface area contributed by atoms with Gasteiger partial charge in [0.25, 0.3) is 0 Å². The molecule has 0 saturated carbocycles. The Kier molecular flexibility index (Phi) is 3.93. The molecule has 2 aliphatic rings. The van der Waals surface area contributed by atoms with Crippen molar-refractivity contribution in [3.8, 4) is 22.8 Å². The average Bonchev–Trinajstić information content (AvgIpc) is 2.96. The molecule has 0 bridgehead atoms. The van der Waals surface area contributed by atoms with Gasteiger partial charge in [-0.1, -0.05) is 0 Å². The van der Waals surface area contributed by atoms with Gasteiger partial charge in [0.1, 0.15) is 13.2 Å². The minimum absolute atomic E-state index is 0.590. The van der Waals surface area contributed by atoms with E-state index in [0.29, 0.717) is 13.2 Å². The van der Waals surface area contributed by atoms with Crippen LogP contribution in [-0.4, -0.2) is 41.2 Å². The number of aromatic nitrogens is 2. The van der Waals surface area contributed by atoms with Gasteiger partial charge in [-0.15, -0.1) is 0 Å². The summed E-state index contributed by atoms with van der Waals surface area (Å²) in [5, 5.41) is 6.66. The topological polar surface area (TPSA) is 48.8 Å². The lowest BCUT2D eigenvalue weighted by Gasteiger charge is -2.25. The van der Waals surface area contributed by atoms with Crippen LogP contribution in [0.5, 0.6) is 11.5 Å². The van der Waals surface area contributed by atoms with E-state index in [4.69, 9.17) is 14.3 Å². The standard InChI is InChI=1S/C17H21N3O3/c1-19-11-14(12-20-6-2-3-7-23-20)17(18-19)13-4-5-15-16(10-13)22-9-8-21-15/h4-5,10-11H,2-3,6-9,12H2,1H3. The van der Waals surface area contributed by atoms with Gasteiger partial charge in [-0.2, -0.15) is 10.2 Å².